The molecule has 0 bridgehead atoms. The number of hydrogen-bond acceptors (Lipinski definition) is 5. The molecule has 19 heavy (non-hydrogen) atoms. The highest BCUT2D eigenvalue weighted by Crippen LogP contribution is 2.23. The second-order valence-corrected chi connectivity index (χ2v) is 4.04. The van der Waals surface area contributed by atoms with Crippen LogP contribution >= 0.6 is 0 Å². The largest absolute Gasteiger partial charge is 0.476 e. The highest BCUT2D eigenvalue weighted by molar-refractivity contribution is 5.84. The van der Waals surface area contributed by atoms with Crippen molar-refractivity contribution in [3.05, 3.63) is 42.4 Å². The molecule has 1 aromatic carbocycles. The minimum absolute atomic E-state index is 0.149. The molecule has 0 saturated carbocycles. The van der Waals surface area contributed by atoms with Crippen LogP contribution in [0, 0.1) is 0 Å². The molecule has 0 amide bonds. The number of carboxylic acid groups (broad SMARTS) is 1. The normalized spacial score (nSPS) is 10.0. The molecule has 0 spiro atoms. The minimum atomic E-state index is -1.14. The van der Waals surface area contributed by atoms with Crippen LogP contribution in [-0.2, 0) is 0 Å². The van der Waals surface area contributed by atoms with Crippen molar-refractivity contribution < 1.29 is 14.6 Å². The van der Waals surface area contributed by atoms with Crippen LogP contribution in [0.25, 0.3) is 0 Å². The maximum Gasteiger partial charge on any atom is 0.356 e. The van der Waals surface area contributed by atoms with Gasteiger partial charge in [-0.2, -0.15) is 0 Å². The van der Waals surface area contributed by atoms with Gasteiger partial charge in [-0.25, -0.2) is 9.78 Å². The molecule has 0 aliphatic rings. The molecule has 0 fully saturated rings. The maximum atomic E-state index is 10.8. The number of benzene rings is 1. The van der Waals surface area contributed by atoms with E-state index < -0.39 is 5.97 Å². The van der Waals surface area contributed by atoms with E-state index in [0.717, 1.165) is 5.69 Å². The van der Waals surface area contributed by atoms with Crippen LogP contribution in [0.5, 0.6) is 11.6 Å². The van der Waals surface area contributed by atoms with Gasteiger partial charge in [0.2, 0.25) is 5.88 Å². The summed E-state index contributed by atoms with van der Waals surface area (Å²) >= 11 is 0. The van der Waals surface area contributed by atoms with Gasteiger partial charge in [0.05, 0.1) is 12.4 Å². The fourth-order valence-corrected chi connectivity index (χ4v) is 1.45. The van der Waals surface area contributed by atoms with Gasteiger partial charge in [-0.1, -0.05) is 6.07 Å². The molecule has 98 valence electrons. The Morgan fingerprint density at radius 1 is 1.32 bits per heavy atom. The number of aromatic nitrogens is 2. The van der Waals surface area contributed by atoms with Crippen LogP contribution in [0.15, 0.2) is 36.7 Å². The highest BCUT2D eigenvalue weighted by atomic mass is 16.5. The third-order valence-corrected chi connectivity index (χ3v) is 2.39. The average Bonchev–Trinajstić information content (AvgIpc) is 2.39. The van der Waals surface area contributed by atoms with Gasteiger partial charge in [0.25, 0.3) is 0 Å². The van der Waals surface area contributed by atoms with Crippen LogP contribution in [-0.4, -0.2) is 35.1 Å². The number of ether oxygens (including phenoxy) is 1. The lowest BCUT2D eigenvalue weighted by Crippen LogP contribution is -2.08. The van der Waals surface area contributed by atoms with E-state index in [2.05, 4.69) is 9.97 Å². The standard InChI is InChI=1S/C13H13N3O3/c1-16(2)9-4-3-5-10(6-9)19-12-8-14-7-11(15-12)13(17)18/h3-8H,1-2H3,(H,17,18). The molecule has 0 aliphatic carbocycles. The lowest BCUT2D eigenvalue weighted by Gasteiger charge is -2.13. The van der Waals surface area contributed by atoms with Crippen molar-refractivity contribution in [2.75, 3.05) is 19.0 Å². The molecule has 1 heterocycles. The molecule has 0 atom stereocenters. The first-order valence-corrected chi connectivity index (χ1v) is 5.57. The quantitative estimate of drug-likeness (QED) is 0.905. The topological polar surface area (TPSA) is 75.5 Å². The van der Waals surface area contributed by atoms with Gasteiger partial charge in [-0.05, 0) is 12.1 Å². The Bertz CT molecular complexity index is 599. The lowest BCUT2D eigenvalue weighted by atomic mass is 10.3. The predicted molar refractivity (Wildman–Crippen MR) is 69.8 cm³/mol. The molecule has 6 nitrogen and oxygen atoms in total. The zero-order valence-corrected chi connectivity index (χ0v) is 10.6. The van der Waals surface area contributed by atoms with Crippen LogP contribution in [0.2, 0.25) is 0 Å². The second-order valence-electron chi connectivity index (χ2n) is 4.04. The van der Waals surface area contributed by atoms with Gasteiger partial charge >= 0.3 is 5.97 Å². The zero-order valence-electron chi connectivity index (χ0n) is 10.6. The van der Waals surface area contributed by atoms with Crippen molar-refractivity contribution in [2.24, 2.45) is 0 Å². The Morgan fingerprint density at radius 2 is 2.11 bits per heavy atom. The third kappa shape index (κ3) is 3.19. The Morgan fingerprint density at radius 3 is 2.79 bits per heavy atom. The van der Waals surface area contributed by atoms with E-state index in [9.17, 15) is 4.79 Å². The summed E-state index contributed by atoms with van der Waals surface area (Å²) in [5.74, 6) is -0.418. The molecule has 0 saturated heterocycles. The van der Waals surface area contributed by atoms with E-state index in [4.69, 9.17) is 9.84 Å². The van der Waals surface area contributed by atoms with Crippen molar-refractivity contribution in [3.63, 3.8) is 0 Å². The predicted octanol–water partition coefficient (Wildman–Crippen LogP) is 2.03. The maximum absolute atomic E-state index is 10.8. The summed E-state index contributed by atoms with van der Waals surface area (Å²) in [6.45, 7) is 0. The summed E-state index contributed by atoms with van der Waals surface area (Å²) in [5.41, 5.74) is 0.820. The number of carboxylic acids is 1. The van der Waals surface area contributed by atoms with Gasteiger partial charge in [0.15, 0.2) is 5.69 Å². The summed E-state index contributed by atoms with van der Waals surface area (Å²) in [6, 6.07) is 7.38. The molecule has 0 unspecified atom stereocenters. The van der Waals surface area contributed by atoms with E-state index in [1.807, 2.05) is 37.2 Å². The number of hydrogen-bond donors (Lipinski definition) is 1. The van der Waals surface area contributed by atoms with E-state index in [0.29, 0.717) is 5.75 Å². The van der Waals surface area contributed by atoms with Gasteiger partial charge < -0.3 is 14.7 Å². The SMILES string of the molecule is CN(C)c1cccc(Oc2cncc(C(=O)O)n2)c1. The monoisotopic (exact) mass is 259 g/mol. The molecule has 2 rings (SSSR count). The molecule has 1 N–H and O–H groups in total. The molecule has 1 aromatic heterocycles. The van der Waals surface area contributed by atoms with Gasteiger partial charge in [-0.3, -0.25) is 4.98 Å². The lowest BCUT2D eigenvalue weighted by molar-refractivity contribution is 0.0689. The van der Waals surface area contributed by atoms with E-state index in [1.165, 1.54) is 12.4 Å². The van der Waals surface area contributed by atoms with Crippen LogP contribution < -0.4 is 9.64 Å². The van der Waals surface area contributed by atoms with Crippen molar-refractivity contribution in [1.29, 1.82) is 0 Å². The zero-order chi connectivity index (χ0) is 13.8. The Kier molecular flexibility index (Phi) is 3.61. The van der Waals surface area contributed by atoms with Crippen molar-refractivity contribution in [1.82, 2.24) is 9.97 Å². The Hall–Kier alpha value is -2.63. The first-order chi connectivity index (χ1) is 9.06. The molecule has 0 radical (unpaired) electrons. The van der Waals surface area contributed by atoms with Crippen LogP contribution in [0.1, 0.15) is 10.5 Å². The Balaban J connectivity index is 2.23. The van der Waals surface area contributed by atoms with Crippen molar-refractivity contribution in [3.8, 4) is 11.6 Å². The van der Waals surface area contributed by atoms with Crippen LogP contribution in [0.4, 0.5) is 5.69 Å². The summed E-state index contributed by atoms with van der Waals surface area (Å²) in [7, 11) is 3.84. The van der Waals surface area contributed by atoms with Gasteiger partial charge in [0, 0.05) is 25.8 Å². The highest BCUT2D eigenvalue weighted by Gasteiger charge is 2.08. The molecular weight excluding hydrogens is 246 g/mol. The first kappa shape index (κ1) is 12.8. The van der Waals surface area contributed by atoms with E-state index in [1.54, 1.807) is 6.07 Å². The Labute approximate surface area is 110 Å². The summed E-state index contributed by atoms with van der Waals surface area (Å²) in [4.78, 5) is 20.3. The smallest absolute Gasteiger partial charge is 0.356 e. The molecule has 0 aliphatic heterocycles. The van der Waals surface area contributed by atoms with Gasteiger partial charge in [-0.15, -0.1) is 0 Å². The third-order valence-electron chi connectivity index (χ3n) is 2.39. The molecule has 6 heteroatoms. The van der Waals surface area contributed by atoms with Crippen molar-refractivity contribution >= 4 is 11.7 Å². The number of aromatic carboxylic acids is 1. The van der Waals surface area contributed by atoms with Crippen molar-refractivity contribution in [2.45, 2.75) is 0 Å². The summed E-state index contributed by atoms with van der Waals surface area (Å²) < 4.78 is 5.50. The number of carbonyl (C=O) groups is 1. The van der Waals surface area contributed by atoms with E-state index >= 15 is 0 Å². The fraction of sp³-hybridized carbons (Fsp3) is 0.154. The molecule has 2 aromatic rings. The molecular formula is C13H13N3O3. The first-order valence-electron chi connectivity index (χ1n) is 5.57. The number of rotatable bonds is 4. The second kappa shape index (κ2) is 5.34. The number of anilines is 1. The van der Waals surface area contributed by atoms with E-state index in [-0.39, 0.29) is 11.6 Å². The van der Waals surface area contributed by atoms with Crippen LogP contribution in [0.3, 0.4) is 0 Å². The minimum Gasteiger partial charge on any atom is -0.476 e. The average molecular weight is 259 g/mol. The summed E-state index contributed by atoms with van der Waals surface area (Å²) in [5, 5.41) is 8.83. The number of nitrogens with zero attached hydrogens (tertiary/aromatic N) is 3. The fourth-order valence-electron chi connectivity index (χ4n) is 1.45. The van der Waals surface area contributed by atoms with Gasteiger partial charge in [0.1, 0.15) is 5.75 Å². The summed E-state index contributed by atoms with van der Waals surface area (Å²) in [6.07, 6.45) is 2.54.